The number of rotatable bonds is 3. The van der Waals surface area contributed by atoms with E-state index in [1.807, 2.05) is 21.7 Å². The molecule has 7 nitrogen and oxygen atoms in total. The molecular weight excluding hydrogens is 333 g/mol. The van der Waals surface area contributed by atoms with E-state index < -0.39 is 0 Å². The van der Waals surface area contributed by atoms with Crippen LogP contribution in [0.2, 0.25) is 0 Å². The van der Waals surface area contributed by atoms with Gasteiger partial charge in [-0.3, -0.25) is 0 Å². The third-order valence-electron chi connectivity index (χ3n) is 5.14. The molecular formula is C18H20FN7. The molecule has 2 aliphatic rings. The molecule has 1 saturated carbocycles. The number of hydrogen-bond donors (Lipinski definition) is 0. The first-order valence-electron chi connectivity index (χ1n) is 9.03. The maximum Gasteiger partial charge on any atom is 0.186 e. The Balaban J connectivity index is 1.38. The van der Waals surface area contributed by atoms with Crippen LogP contribution in [0.1, 0.15) is 30.3 Å². The second-order valence-electron chi connectivity index (χ2n) is 6.97. The van der Waals surface area contributed by atoms with E-state index >= 15 is 0 Å². The first-order valence-corrected chi connectivity index (χ1v) is 9.03. The number of nitrogens with zero attached hydrogens (tertiary/aromatic N) is 7. The molecule has 5 rings (SSSR count). The van der Waals surface area contributed by atoms with Crippen LogP contribution in [0.5, 0.6) is 0 Å². The maximum atomic E-state index is 14.6. The quantitative estimate of drug-likeness (QED) is 0.719. The average Bonchev–Trinajstić information content (AvgIpc) is 3.40. The fourth-order valence-electron chi connectivity index (χ4n) is 3.52. The van der Waals surface area contributed by atoms with Crippen molar-refractivity contribution < 1.29 is 4.39 Å². The molecule has 3 aromatic rings. The summed E-state index contributed by atoms with van der Waals surface area (Å²) in [4.78, 5) is 17.7. The fraction of sp³-hybridized carbons (Fsp3) is 0.444. The van der Waals surface area contributed by atoms with Gasteiger partial charge in [-0.25, -0.2) is 23.9 Å². The molecule has 1 aliphatic carbocycles. The second kappa shape index (κ2) is 5.89. The number of fused-ring (bicyclic) bond motifs is 1. The zero-order chi connectivity index (χ0) is 17.7. The van der Waals surface area contributed by atoms with E-state index in [1.54, 1.807) is 19.3 Å². The standard InChI is InChI=1S/C18H20FN7/c1-12-15(19)18(23-16(22-12)13-2-3-13)25-10-8-24(9-11-25)17-14-4-5-21-26(14)7-6-20-17/h4-7,13H,2-3,8-11H2,1H3. The highest BCUT2D eigenvalue weighted by Gasteiger charge is 2.30. The summed E-state index contributed by atoms with van der Waals surface area (Å²) in [5.74, 6) is 2.29. The molecule has 0 spiro atoms. The molecule has 0 atom stereocenters. The Morgan fingerprint density at radius 2 is 1.73 bits per heavy atom. The van der Waals surface area contributed by atoms with Gasteiger partial charge in [-0.15, -0.1) is 0 Å². The number of aryl methyl sites for hydroxylation is 1. The fourth-order valence-corrected chi connectivity index (χ4v) is 3.52. The number of halogens is 1. The molecule has 0 N–H and O–H groups in total. The zero-order valence-electron chi connectivity index (χ0n) is 14.6. The molecule has 0 aromatic carbocycles. The van der Waals surface area contributed by atoms with E-state index in [9.17, 15) is 4.39 Å². The SMILES string of the molecule is Cc1nc(C2CC2)nc(N2CCN(c3nccn4nccc34)CC2)c1F. The summed E-state index contributed by atoms with van der Waals surface area (Å²) in [6.45, 7) is 4.66. The lowest BCUT2D eigenvalue weighted by Gasteiger charge is -2.36. The molecule has 0 radical (unpaired) electrons. The van der Waals surface area contributed by atoms with Gasteiger partial charge in [0.25, 0.3) is 0 Å². The van der Waals surface area contributed by atoms with Gasteiger partial charge in [0.05, 0.1) is 11.9 Å². The lowest BCUT2D eigenvalue weighted by Crippen LogP contribution is -2.47. The Morgan fingerprint density at radius 3 is 2.46 bits per heavy atom. The molecule has 4 heterocycles. The van der Waals surface area contributed by atoms with E-state index in [4.69, 9.17) is 0 Å². The van der Waals surface area contributed by atoms with E-state index in [0.717, 1.165) is 43.1 Å². The van der Waals surface area contributed by atoms with Crippen molar-refractivity contribution in [2.75, 3.05) is 36.0 Å². The average molecular weight is 353 g/mol. The summed E-state index contributed by atoms with van der Waals surface area (Å²) in [5, 5.41) is 4.26. The predicted octanol–water partition coefficient (Wildman–Crippen LogP) is 2.17. The lowest BCUT2D eigenvalue weighted by molar-refractivity contribution is 0.568. The van der Waals surface area contributed by atoms with Gasteiger partial charge < -0.3 is 9.80 Å². The zero-order valence-corrected chi connectivity index (χ0v) is 14.6. The summed E-state index contributed by atoms with van der Waals surface area (Å²) in [6, 6.07) is 1.96. The van der Waals surface area contributed by atoms with Gasteiger partial charge in [-0.2, -0.15) is 5.10 Å². The number of anilines is 2. The Morgan fingerprint density at radius 1 is 1.00 bits per heavy atom. The topological polar surface area (TPSA) is 62.5 Å². The molecule has 3 aromatic heterocycles. The number of aromatic nitrogens is 5. The first kappa shape index (κ1) is 15.5. The molecule has 1 aliphatic heterocycles. The molecule has 134 valence electrons. The maximum absolute atomic E-state index is 14.6. The van der Waals surface area contributed by atoms with E-state index in [2.05, 4.69) is 25.0 Å². The van der Waals surface area contributed by atoms with Gasteiger partial charge in [0.15, 0.2) is 17.5 Å². The number of hydrogen-bond acceptors (Lipinski definition) is 6. The van der Waals surface area contributed by atoms with E-state index in [1.165, 1.54) is 0 Å². The monoisotopic (exact) mass is 353 g/mol. The molecule has 0 bridgehead atoms. The Kier molecular flexibility index (Phi) is 3.51. The minimum Gasteiger partial charge on any atom is -0.351 e. The molecule has 2 fully saturated rings. The van der Waals surface area contributed by atoms with Crippen LogP contribution < -0.4 is 9.80 Å². The molecule has 26 heavy (non-hydrogen) atoms. The van der Waals surface area contributed by atoms with Crippen LogP contribution in [0.25, 0.3) is 5.52 Å². The van der Waals surface area contributed by atoms with Crippen LogP contribution in [0.3, 0.4) is 0 Å². The van der Waals surface area contributed by atoms with Gasteiger partial charge in [-0.1, -0.05) is 0 Å². The predicted molar refractivity (Wildman–Crippen MR) is 96.1 cm³/mol. The minimum atomic E-state index is -0.293. The number of piperazine rings is 1. The Hall–Kier alpha value is -2.77. The molecule has 8 heteroatoms. The van der Waals surface area contributed by atoms with Gasteiger partial charge in [0.1, 0.15) is 11.3 Å². The van der Waals surface area contributed by atoms with Gasteiger partial charge in [0, 0.05) is 44.5 Å². The van der Waals surface area contributed by atoms with E-state index in [-0.39, 0.29) is 5.82 Å². The highest BCUT2D eigenvalue weighted by Crippen LogP contribution is 2.39. The third-order valence-corrected chi connectivity index (χ3v) is 5.14. The molecule has 0 unspecified atom stereocenters. The van der Waals surface area contributed by atoms with Crippen LogP contribution in [-0.2, 0) is 0 Å². The molecule has 1 saturated heterocycles. The van der Waals surface area contributed by atoms with Crippen molar-refractivity contribution in [3.05, 3.63) is 42.0 Å². The largest absolute Gasteiger partial charge is 0.351 e. The van der Waals surface area contributed by atoms with Crippen LogP contribution in [0, 0.1) is 12.7 Å². The van der Waals surface area contributed by atoms with Crippen molar-refractivity contribution in [2.45, 2.75) is 25.7 Å². The normalized spacial score (nSPS) is 17.9. The van der Waals surface area contributed by atoms with Gasteiger partial charge in [-0.05, 0) is 25.8 Å². The van der Waals surface area contributed by atoms with Crippen molar-refractivity contribution in [1.29, 1.82) is 0 Å². The lowest BCUT2D eigenvalue weighted by atomic mass is 10.2. The first-order chi connectivity index (χ1) is 12.7. The van der Waals surface area contributed by atoms with Crippen molar-refractivity contribution in [2.24, 2.45) is 0 Å². The van der Waals surface area contributed by atoms with Gasteiger partial charge in [0.2, 0.25) is 0 Å². The Bertz CT molecular complexity index is 957. The van der Waals surface area contributed by atoms with Crippen molar-refractivity contribution >= 4 is 17.2 Å². The Labute approximate surface area is 150 Å². The van der Waals surface area contributed by atoms with Crippen LogP contribution in [0.4, 0.5) is 16.0 Å². The van der Waals surface area contributed by atoms with Crippen LogP contribution in [-0.4, -0.2) is 50.7 Å². The van der Waals surface area contributed by atoms with Gasteiger partial charge >= 0.3 is 0 Å². The molecule has 0 amide bonds. The summed E-state index contributed by atoms with van der Waals surface area (Å²) in [7, 11) is 0. The van der Waals surface area contributed by atoms with Crippen molar-refractivity contribution in [3.63, 3.8) is 0 Å². The van der Waals surface area contributed by atoms with Crippen molar-refractivity contribution in [3.8, 4) is 0 Å². The summed E-state index contributed by atoms with van der Waals surface area (Å²) in [6.07, 6.45) is 7.60. The minimum absolute atomic E-state index is 0.293. The highest BCUT2D eigenvalue weighted by atomic mass is 19.1. The highest BCUT2D eigenvalue weighted by molar-refractivity contribution is 5.68. The smallest absolute Gasteiger partial charge is 0.186 e. The van der Waals surface area contributed by atoms with Crippen LogP contribution >= 0.6 is 0 Å². The van der Waals surface area contributed by atoms with Crippen molar-refractivity contribution in [1.82, 2.24) is 24.6 Å². The summed E-state index contributed by atoms with van der Waals surface area (Å²) < 4.78 is 16.5. The summed E-state index contributed by atoms with van der Waals surface area (Å²) in [5.41, 5.74) is 1.44. The third kappa shape index (κ3) is 2.56. The summed E-state index contributed by atoms with van der Waals surface area (Å²) >= 11 is 0. The van der Waals surface area contributed by atoms with Crippen LogP contribution in [0.15, 0.2) is 24.7 Å². The van der Waals surface area contributed by atoms with E-state index in [0.29, 0.717) is 30.5 Å². The second-order valence-corrected chi connectivity index (χ2v) is 6.97.